The average molecular weight is 475 g/mol. The molecule has 0 unspecified atom stereocenters. The molecule has 4 aromatic rings. The first-order valence-corrected chi connectivity index (χ1v) is 10.7. The molecule has 6 rings (SSSR count). The minimum absolute atomic E-state index is 0.277. The maximum absolute atomic E-state index is 13.7. The monoisotopic (exact) mass is 474 g/mol. The van der Waals surface area contributed by atoms with Crippen LogP contribution in [0.2, 0.25) is 0 Å². The standard InChI is InChI=1S/C24H16BrFN4O/c25-16-9-5-15(6-10-16)23-20-21(18-3-1-2-4-19(18)31-23)29-24-27-13-28-30(24)22(20)14-7-11-17(26)12-8-14/h1-13,22-23H,(H,27,28,29)/t22-,23+/m0/s1. The van der Waals surface area contributed by atoms with Gasteiger partial charge in [0.1, 0.15) is 30.0 Å². The lowest BCUT2D eigenvalue weighted by Gasteiger charge is -2.39. The van der Waals surface area contributed by atoms with E-state index in [9.17, 15) is 4.39 Å². The Morgan fingerprint density at radius 2 is 1.68 bits per heavy atom. The van der Waals surface area contributed by atoms with E-state index < -0.39 is 0 Å². The van der Waals surface area contributed by atoms with Crippen molar-refractivity contribution >= 4 is 27.6 Å². The van der Waals surface area contributed by atoms with E-state index in [4.69, 9.17) is 4.74 Å². The zero-order chi connectivity index (χ0) is 20.9. The molecular formula is C24H16BrFN4O. The summed E-state index contributed by atoms with van der Waals surface area (Å²) in [5, 5.41) is 7.94. The number of ether oxygens (including phenoxy) is 1. The SMILES string of the molecule is Fc1ccc([C@H]2C3=C(Nc4ncnn42)c2ccccc2O[C@@H]3c2ccc(Br)cc2)cc1. The van der Waals surface area contributed by atoms with Crippen molar-refractivity contribution < 1.29 is 9.13 Å². The number of fused-ring (bicyclic) bond motifs is 3. The molecule has 0 amide bonds. The third kappa shape index (κ3) is 2.96. The summed E-state index contributed by atoms with van der Waals surface area (Å²) in [7, 11) is 0. The van der Waals surface area contributed by atoms with Crippen LogP contribution >= 0.6 is 15.9 Å². The number of hydrogen-bond acceptors (Lipinski definition) is 4. The molecule has 3 heterocycles. The van der Waals surface area contributed by atoms with Crippen LogP contribution in [0.25, 0.3) is 5.70 Å². The first kappa shape index (κ1) is 18.3. The summed E-state index contributed by atoms with van der Waals surface area (Å²) in [6.07, 6.45) is 1.18. The van der Waals surface area contributed by atoms with Gasteiger partial charge in [-0.05, 0) is 47.5 Å². The molecule has 0 radical (unpaired) electrons. The van der Waals surface area contributed by atoms with E-state index in [-0.39, 0.29) is 18.0 Å². The van der Waals surface area contributed by atoms with Gasteiger partial charge in [0.25, 0.3) is 0 Å². The van der Waals surface area contributed by atoms with E-state index in [1.807, 2.05) is 53.2 Å². The van der Waals surface area contributed by atoms with Crippen molar-refractivity contribution in [3.05, 3.63) is 112 Å². The van der Waals surface area contributed by atoms with Gasteiger partial charge in [-0.3, -0.25) is 0 Å². The van der Waals surface area contributed by atoms with Crippen LogP contribution in [0.4, 0.5) is 10.3 Å². The summed E-state index contributed by atoms with van der Waals surface area (Å²) >= 11 is 3.51. The summed E-state index contributed by atoms with van der Waals surface area (Å²) in [6, 6.07) is 22.3. The summed E-state index contributed by atoms with van der Waals surface area (Å²) in [5.74, 6) is 1.16. The lowest BCUT2D eigenvalue weighted by atomic mass is 9.84. The molecule has 1 N–H and O–H groups in total. The number of para-hydroxylation sites is 1. The number of hydrogen-bond donors (Lipinski definition) is 1. The highest BCUT2D eigenvalue weighted by atomic mass is 79.9. The fourth-order valence-corrected chi connectivity index (χ4v) is 4.56. The molecule has 0 saturated carbocycles. The Morgan fingerprint density at radius 3 is 2.48 bits per heavy atom. The fourth-order valence-electron chi connectivity index (χ4n) is 4.30. The van der Waals surface area contributed by atoms with E-state index in [2.05, 4.69) is 31.3 Å². The van der Waals surface area contributed by atoms with Gasteiger partial charge in [0.15, 0.2) is 0 Å². The van der Waals surface area contributed by atoms with Gasteiger partial charge < -0.3 is 10.1 Å². The highest BCUT2D eigenvalue weighted by molar-refractivity contribution is 9.10. The van der Waals surface area contributed by atoms with Gasteiger partial charge in [0, 0.05) is 15.6 Å². The molecular weight excluding hydrogens is 459 g/mol. The summed E-state index contributed by atoms with van der Waals surface area (Å²) < 4.78 is 23.1. The van der Waals surface area contributed by atoms with Crippen molar-refractivity contribution in [2.75, 3.05) is 5.32 Å². The Morgan fingerprint density at radius 1 is 0.935 bits per heavy atom. The van der Waals surface area contributed by atoms with Gasteiger partial charge in [0.2, 0.25) is 5.95 Å². The second-order valence-electron chi connectivity index (χ2n) is 7.48. The molecule has 152 valence electrons. The van der Waals surface area contributed by atoms with E-state index in [0.717, 1.165) is 38.2 Å². The molecule has 0 saturated heterocycles. The first-order chi connectivity index (χ1) is 15.2. The Hall–Kier alpha value is -3.45. The minimum atomic E-state index is -0.349. The fraction of sp³-hybridized carbons (Fsp3) is 0.0833. The third-order valence-electron chi connectivity index (χ3n) is 5.68. The molecule has 0 aliphatic carbocycles. The zero-order valence-electron chi connectivity index (χ0n) is 16.2. The van der Waals surface area contributed by atoms with Crippen molar-refractivity contribution in [1.82, 2.24) is 14.8 Å². The Bertz CT molecular complexity index is 1310. The van der Waals surface area contributed by atoms with Crippen LogP contribution in [-0.2, 0) is 0 Å². The molecule has 2 aliphatic heterocycles. The van der Waals surface area contributed by atoms with Gasteiger partial charge >= 0.3 is 0 Å². The van der Waals surface area contributed by atoms with Crippen molar-refractivity contribution in [3.8, 4) is 5.75 Å². The van der Waals surface area contributed by atoms with E-state index >= 15 is 0 Å². The molecule has 5 nitrogen and oxygen atoms in total. The number of benzene rings is 3. The smallest absolute Gasteiger partial charge is 0.226 e. The Labute approximate surface area is 186 Å². The van der Waals surface area contributed by atoms with Crippen LogP contribution < -0.4 is 10.1 Å². The molecule has 7 heteroatoms. The number of rotatable bonds is 2. The predicted octanol–water partition coefficient (Wildman–Crippen LogP) is 5.74. The lowest BCUT2D eigenvalue weighted by molar-refractivity contribution is 0.223. The molecule has 0 fully saturated rings. The van der Waals surface area contributed by atoms with E-state index in [1.54, 1.807) is 12.1 Å². The average Bonchev–Trinajstić information content (AvgIpc) is 3.27. The van der Waals surface area contributed by atoms with Crippen LogP contribution in [0, 0.1) is 5.82 Å². The van der Waals surface area contributed by atoms with E-state index in [1.165, 1.54) is 18.5 Å². The maximum atomic E-state index is 13.7. The number of aromatic nitrogens is 3. The quantitative estimate of drug-likeness (QED) is 0.402. The summed E-state index contributed by atoms with van der Waals surface area (Å²) in [6.45, 7) is 0. The second-order valence-corrected chi connectivity index (χ2v) is 8.40. The molecule has 31 heavy (non-hydrogen) atoms. The van der Waals surface area contributed by atoms with Gasteiger partial charge in [-0.2, -0.15) is 10.1 Å². The van der Waals surface area contributed by atoms with Crippen LogP contribution in [0.3, 0.4) is 0 Å². The molecule has 0 bridgehead atoms. The molecule has 1 aromatic heterocycles. The largest absolute Gasteiger partial charge is 0.480 e. The van der Waals surface area contributed by atoms with Crippen molar-refractivity contribution in [3.63, 3.8) is 0 Å². The van der Waals surface area contributed by atoms with Crippen molar-refractivity contribution in [2.45, 2.75) is 12.1 Å². The van der Waals surface area contributed by atoms with Gasteiger partial charge in [-0.25, -0.2) is 9.07 Å². The van der Waals surface area contributed by atoms with Crippen LogP contribution in [-0.4, -0.2) is 14.8 Å². The Balaban J connectivity index is 1.62. The molecule has 2 atom stereocenters. The van der Waals surface area contributed by atoms with Crippen LogP contribution in [0.5, 0.6) is 5.75 Å². The second kappa shape index (κ2) is 7.06. The highest BCUT2D eigenvalue weighted by Gasteiger charge is 2.40. The van der Waals surface area contributed by atoms with Gasteiger partial charge in [0.05, 0.1) is 5.70 Å². The summed E-state index contributed by atoms with van der Waals surface area (Å²) in [5.41, 5.74) is 4.84. The number of nitrogens with zero attached hydrogens (tertiary/aromatic N) is 3. The Kier molecular flexibility index (Phi) is 4.17. The number of anilines is 1. The lowest BCUT2D eigenvalue weighted by Crippen LogP contribution is -2.32. The van der Waals surface area contributed by atoms with E-state index in [0.29, 0.717) is 5.95 Å². The summed E-state index contributed by atoms with van der Waals surface area (Å²) in [4.78, 5) is 4.41. The third-order valence-corrected chi connectivity index (χ3v) is 6.21. The predicted molar refractivity (Wildman–Crippen MR) is 119 cm³/mol. The maximum Gasteiger partial charge on any atom is 0.226 e. The number of nitrogens with one attached hydrogen (secondary N) is 1. The molecule has 0 spiro atoms. The number of halogens is 2. The topological polar surface area (TPSA) is 52.0 Å². The van der Waals surface area contributed by atoms with Crippen molar-refractivity contribution in [2.24, 2.45) is 0 Å². The first-order valence-electron chi connectivity index (χ1n) is 9.86. The van der Waals surface area contributed by atoms with Gasteiger partial charge in [-0.1, -0.05) is 52.3 Å². The highest BCUT2D eigenvalue weighted by Crippen LogP contribution is 2.50. The van der Waals surface area contributed by atoms with Crippen LogP contribution in [0.1, 0.15) is 28.8 Å². The minimum Gasteiger partial charge on any atom is -0.480 e. The van der Waals surface area contributed by atoms with Gasteiger partial charge in [-0.15, -0.1) is 0 Å². The van der Waals surface area contributed by atoms with Crippen LogP contribution in [0.15, 0.2) is 89.2 Å². The molecule has 2 aliphatic rings. The van der Waals surface area contributed by atoms with Crippen molar-refractivity contribution in [1.29, 1.82) is 0 Å². The normalized spacial score (nSPS) is 19.0. The zero-order valence-corrected chi connectivity index (χ0v) is 17.8. The molecule has 3 aromatic carbocycles.